The molecule has 0 radical (unpaired) electrons. The van der Waals surface area contributed by atoms with Crippen molar-refractivity contribution in [3.63, 3.8) is 0 Å². The van der Waals surface area contributed by atoms with Crippen LogP contribution in [0.5, 0.6) is 0 Å². The second kappa shape index (κ2) is 5.47. The van der Waals surface area contributed by atoms with E-state index >= 15 is 0 Å². The second-order valence-corrected chi connectivity index (χ2v) is 5.74. The molecule has 2 aromatic rings. The van der Waals surface area contributed by atoms with Crippen LogP contribution in [0.2, 0.25) is 5.02 Å². The van der Waals surface area contributed by atoms with Gasteiger partial charge in [0.25, 0.3) is 0 Å². The summed E-state index contributed by atoms with van der Waals surface area (Å²) in [6.07, 6.45) is 1.82. The van der Waals surface area contributed by atoms with Crippen molar-refractivity contribution < 1.29 is 8.42 Å². The van der Waals surface area contributed by atoms with Gasteiger partial charge in [0, 0.05) is 18.0 Å². The molecule has 0 fully saturated rings. The summed E-state index contributed by atoms with van der Waals surface area (Å²) >= 11 is 5.75. The Morgan fingerprint density at radius 2 is 2.22 bits per heavy atom. The average molecular weight is 287 g/mol. The zero-order valence-electron chi connectivity index (χ0n) is 9.30. The highest BCUT2D eigenvalue weighted by molar-refractivity contribution is 7.89. The highest BCUT2D eigenvalue weighted by atomic mass is 35.5. The van der Waals surface area contributed by atoms with E-state index in [2.05, 4.69) is 19.9 Å². The molecule has 0 saturated carbocycles. The van der Waals surface area contributed by atoms with Gasteiger partial charge in [-0.15, -0.1) is 0 Å². The summed E-state index contributed by atoms with van der Waals surface area (Å²) in [5, 5.41) is 6.71. The molecule has 0 amide bonds. The first-order valence-corrected chi connectivity index (χ1v) is 7.03. The molecule has 2 N–H and O–H groups in total. The number of nitrogens with zero attached hydrogens (tertiary/aromatic N) is 2. The summed E-state index contributed by atoms with van der Waals surface area (Å²) in [5.41, 5.74) is 0. The van der Waals surface area contributed by atoms with Crippen molar-refractivity contribution in [3.8, 4) is 0 Å². The Balaban J connectivity index is 1.99. The Bertz CT molecular complexity index is 613. The largest absolute Gasteiger partial charge is 0.263 e. The summed E-state index contributed by atoms with van der Waals surface area (Å²) in [5.74, 6) is 0.629. The number of aromatic amines is 1. The first-order valence-electron chi connectivity index (χ1n) is 5.17. The van der Waals surface area contributed by atoms with Crippen LogP contribution in [0, 0.1) is 0 Å². The maximum absolute atomic E-state index is 11.9. The van der Waals surface area contributed by atoms with E-state index in [0.717, 1.165) is 0 Å². The van der Waals surface area contributed by atoms with Gasteiger partial charge in [-0.25, -0.2) is 18.1 Å². The molecule has 1 heterocycles. The third-order valence-corrected chi connectivity index (χ3v) is 3.92. The monoisotopic (exact) mass is 286 g/mol. The Labute approximate surface area is 109 Å². The number of hydrogen-bond acceptors (Lipinski definition) is 4. The van der Waals surface area contributed by atoms with Crippen LogP contribution in [0.25, 0.3) is 0 Å². The first kappa shape index (κ1) is 13.0. The number of benzene rings is 1. The molecular weight excluding hydrogens is 276 g/mol. The predicted molar refractivity (Wildman–Crippen MR) is 66.7 cm³/mol. The molecule has 8 heteroatoms. The minimum Gasteiger partial charge on any atom is -0.263 e. The number of nitrogens with one attached hydrogen (secondary N) is 2. The van der Waals surface area contributed by atoms with Gasteiger partial charge in [-0.05, 0) is 18.2 Å². The summed E-state index contributed by atoms with van der Waals surface area (Å²) in [6.45, 7) is 0.240. The smallest absolute Gasteiger partial charge is 0.240 e. The lowest BCUT2D eigenvalue weighted by Gasteiger charge is -2.05. The van der Waals surface area contributed by atoms with Gasteiger partial charge in [-0.1, -0.05) is 17.7 Å². The molecule has 1 aromatic heterocycles. The summed E-state index contributed by atoms with van der Waals surface area (Å²) in [6, 6.07) is 6.10. The molecule has 0 spiro atoms. The summed E-state index contributed by atoms with van der Waals surface area (Å²) in [4.78, 5) is 4.05. The van der Waals surface area contributed by atoms with Crippen LogP contribution in [0.15, 0.2) is 35.5 Å². The van der Waals surface area contributed by atoms with Crippen molar-refractivity contribution in [2.24, 2.45) is 0 Å². The normalized spacial score (nSPS) is 11.6. The Kier molecular flexibility index (Phi) is 3.95. The van der Waals surface area contributed by atoms with Gasteiger partial charge in [0.2, 0.25) is 10.0 Å². The van der Waals surface area contributed by atoms with Gasteiger partial charge < -0.3 is 0 Å². The van der Waals surface area contributed by atoms with Crippen molar-refractivity contribution in [1.29, 1.82) is 0 Å². The zero-order chi connectivity index (χ0) is 13.0. The van der Waals surface area contributed by atoms with Gasteiger partial charge in [-0.2, -0.15) is 5.10 Å². The van der Waals surface area contributed by atoms with E-state index in [9.17, 15) is 8.42 Å². The fourth-order valence-electron chi connectivity index (χ4n) is 1.37. The highest BCUT2D eigenvalue weighted by Crippen LogP contribution is 2.14. The van der Waals surface area contributed by atoms with Crippen LogP contribution >= 0.6 is 11.6 Å². The molecule has 0 bridgehead atoms. The lowest BCUT2D eigenvalue weighted by molar-refractivity contribution is 0.581. The van der Waals surface area contributed by atoms with Gasteiger partial charge in [0.15, 0.2) is 0 Å². The molecule has 2 rings (SSSR count). The van der Waals surface area contributed by atoms with E-state index in [4.69, 9.17) is 11.6 Å². The average Bonchev–Trinajstić information content (AvgIpc) is 2.82. The molecule has 0 saturated heterocycles. The molecule has 0 unspecified atom stereocenters. The Morgan fingerprint density at radius 1 is 1.39 bits per heavy atom. The summed E-state index contributed by atoms with van der Waals surface area (Å²) < 4.78 is 26.3. The molecule has 18 heavy (non-hydrogen) atoms. The number of rotatable bonds is 5. The number of halogens is 1. The topological polar surface area (TPSA) is 87.7 Å². The number of aromatic nitrogens is 3. The molecule has 0 aliphatic rings. The van der Waals surface area contributed by atoms with E-state index in [1.54, 1.807) is 12.1 Å². The van der Waals surface area contributed by atoms with Crippen LogP contribution in [-0.4, -0.2) is 30.1 Å². The van der Waals surface area contributed by atoms with Crippen LogP contribution in [-0.2, 0) is 16.4 Å². The third-order valence-electron chi connectivity index (χ3n) is 2.23. The number of sulfonamides is 1. The molecular formula is C10H11ClN4O2S. The molecule has 6 nitrogen and oxygen atoms in total. The lowest BCUT2D eigenvalue weighted by atomic mass is 10.4. The molecule has 96 valence electrons. The van der Waals surface area contributed by atoms with E-state index in [1.807, 2.05) is 0 Å². The first-order chi connectivity index (χ1) is 8.58. The maximum atomic E-state index is 11.9. The minimum absolute atomic E-state index is 0.146. The minimum atomic E-state index is -3.53. The van der Waals surface area contributed by atoms with Gasteiger partial charge in [-0.3, -0.25) is 5.10 Å². The van der Waals surface area contributed by atoms with Crippen molar-refractivity contribution in [2.45, 2.75) is 11.3 Å². The Morgan fingerprint density at radius 3 is 2.89 bits per heavy atom. The van der Waals surface area contributed by atoms with E-state index < -0.39 is 10.0 Å². The van der Waals surface area contributed by atoms with Gasteiger partial charge in [0.1, 0.15) is 12.2 Å². The van der Waals surface area contributed by atoms with Gasteiger partial charge >= 0.3 is 0 Å². The van der Waals surface area contributed by atoms with Crippen molar-refractivity contribution in [3.05, 3.63) is 41.4 Å². The molecule has 1 aromatic carbocycles. The third kappa shape index (κ3) is 3.28. The predicted octanol–water partition coefficient (Wildman–Crippen LogP) is 0.979. The van der Waals surface area contributed by atoms with E-state index in [0.29, 0.717) is 17.3 Å². The Hall–Kier alpha value is -1.44. The number of H-pyrrole nitrogens is 1. The summed E-state index contributed by atoms with van der Waals surface area (Å²) in [7, 11) is -3.53. The van der Waals surface area contributed by atoms with Crippen LogP contribution in [0.3, 0.4) is 0 Å². The zero-order valence-corrected chi connectivity index (χ0v) is 10.9. The van der Waals surface area contributed by atoms with Crippen molar-refractivity contribution in [2.75, 3.05) is 6.54 Å². The van der Waals surface area contributed by atoms with E-state index in [1.165, 1.54) is 18.5 Å². The maximum Gasteiger partial charge on any atom is 0.240 e. The van der Waals surface area contributed by atoms with Gasteiger partial charge in [0.05, 0.1) is 4.90 Å². The van der Waals surface area contributed by atoms with Crippen LogP contribution < -0.4 is 4.72 Å². The van der Waals surface area contributed by atoms with Crippen LogP contribution in [0.4, 0.5) is 0 Å². The number of hydrogen-bond donors (Lipinski definition) is 2. The highest BCUT2D eigenvalue weighted by Gasteiger charge is 2.13. The molecule has 0 atom stereocenters. The fraction of sp³-hybridized carbons (Fsp3) is 0.200. The lowest BCUT2D eigenvalue weighted by Crippen LogP contribution is -2.26. The fourth-order valence-corrected chi connectivity index (χ4v) is 2.70. The second-order valence-electron chi connectivity index (χ2n) is 3.54. The molecule has 0 aliphatic carbocycles. The van der Waals surface area contributed by atoms with Crippen molar-refractivity contribution >= 4 is 21.6 Å². The quantitative estimate of drug-likeness (QED) is 0.857. The van der Waals surface area contributed by atoms with Crippen molar-refractivity contribution in [1.82, 2.24) is 19.9 Å². The standard InChI is InChI=1S/C10H11ClN4O2S/c11-8-2-1-3-9(6-8)18(16,17)14-5-4-10-12-7-13-15-10/h1-3,6-7,14H,4-5H2,(H,12,13,15). The van der Waals surface area contributed by atoms with E-state index in [-0.39, 0.29) is 11.4 Å². The molecule has 0 aliphatic heterocycles. The van der Waals surface area contributed by atoms with Crippen LogP contribution in [0.1, 0.15) is 5.82 Å². The SMILES string of the molecule is O=S(=O)(NCCc1ncn[nH]1)c1cccc(Cl)c1.